The Morgan fingerprint density at radius 3 is 1.44 bits per heavy atom. The van der Waals surface area contributed by atoms with Crippen LogP contribution in [-0.4, -0.2) is 392 Å². The lowest BCUT2D eigenvalue weighted by atomic mass is 9.88. The summed E-state index contributed by atoms with van der Waals surface area (Å²) in [5.41, 5.74) is 0. The maximum atomic E-state index is 13.1. The third kappa shape index (κ3) is 17.5. The first-order chi connectivity index (χ1) is 44.7. The second-order valence-corrected chi connectivity index (χ2v) is 24.0. The normalized spacial score (nSPS) is 46.4. The van der Waals surface area contributed by atoms with Crippen LogP contribution >= 0.6 is 0 Å². The first kappa shape index (κ1) is 78.4. The molecule has 0 radical (unpaired) electrons. The van der Waals surface area contributed by atoms with Crippen molar-refractivity contribution in [3.05, 3.63) is 0 Å². The molecule has 0 aliphatic carbocycles. The molecule has 0 saturated carbocycles. The van der Waals surface area contributed by atoms with Crippen LogP contribution in [-0.2, 0) is 85.6 Å². The number of aliphatic hydroxyl groups excluding tert-OH is 19. The zero-order chi connectivity index (χ0) is 70.6. The van der Waals surface area contributed by atoms with Crippen molar-refractivity contribution in [2.24, 2.45) is 0 Å². The molecule has 0 bridgehead atoms. The molecule has 24 N–H and O–H groups in total. The Balaban J connectivity index is 1.10. The van der Waals surface area contributed by atoms with E-state index in [0.29, 0.717) is 0 Å². The summed E-state index contributed by atoms with van der Waals surface area (Å²) in [6.07, 6.45) is -62.6. The van der Waals surface area contributed by atoms with Gasteiger partial charge in [-0.2, -0.15) is 0 Å². The number of aliphatic hydroxyl groups is 19. The van der Waals surface area contributed by atoms with Crippen LogP contribution in [0.1, 0.15) is 41.0 Å². The molecule has 7 aliphatic heterocycles. The number of amides is 4. The molecule has 7 aliphatic rings. The topological polar surface area (TPSA) is 658 Å². The number of carboxylic acids is 1. The minimum Gasteiger partial charge on any atom is -0.477 e. The first-order valence-corrected chi connectivity index (χ1v) is 30.1. The molecule has 548 valence electrons. The minimum absolute atomic E-state index is 0.835. The molecule has 7 fully saturated rings. The highest BCUT2D eigenvalue weighted by Crippen LogP contribution is 2.40. The molecule has 0 spiro atoms. The second-order valence-electron chi connectivity index (χ2n) is 24.0. The number of hydrogen-bond donors (Lipinski definition) is 24. The number of carbonyl (C=O) groups excluding carboxylic acids is 4. The summed E-state index contributed by atoms with van der Waals surface area (Å²) in [6, 6.07) is -7.12. The summed E-state index contributed by atoms with van der Waals surface area (Å²) < 4.78 is 75.6. The van der Waals surface area contributed by atoms with Gasteiger partial charge in [0.1, 0.15) is 159 Å². The molecule has 0 aromatic rings. The summed E-state index contributed by atoms with van der Waals surface area (Å²) in [5, 5.41) is 228. The van der Waals surface area contributed by atoms with Crippen LogP contribution in [0, 0.1) is 0 Å². The number of carboxylic acid groups (broad SMARTS) is 1. The lowest BCUT2D eigenvalue weighted by Gasteiger charge is -2.51. The van der Waals surface area contributed by atoms with Gasteiger partial charge in [0.2, 0.25) is 23.6 Å². The highest BCUT2D eigenvalue weighted by molar-refractivity contribution is 5.77. The summed E-state index contributed by atoms with van der Waals surface area (Å²) in [7, 11) is 0. The van der Waals surface area contributed by atoms with E-state index in [9.17, 15) is 126 Å². The molecular formula is C53H88N4O38. The predicted molar refractivity (Wildman–Crippen MR) is 294 cm³/mol. The van der Waals surface area contributed by atoms with E-state index in [4.69, 9.17) is 61.6 Å². The Morgan fingerprint density at radius 1 is 0.453 bits per heavy atom. The SMILES string of the molecule is CC(=O)N[C@@H]1[C@@H](O[C@@H]2O[C@H](CO)[C@@H](O[C@@H]3O[C@H](CO)[C@H](O)[C@H](O)[C@H]3O[C@@H]3O[C@@H](C)[C@@H](O)[C@@H](O)[C@@H]3O)[C@H](O)[C@H]2NC(C)=O)[C@@H](O)[C@@H](CO[C@@H]2O[C@H](CO)[C@@H](O[C@@H]3O[C@H](CO)[C@H](O)[C@H](O[C@]4(C(=O)O)C[C@H](O)[C@@H](NC(C)=O)[C@H]([C@H](O)[C@H](O)CO)O4)[C@H]3O)[C@H](O)[C@H]2NC(C)=O)O[C@H]1O. The fourth-order valence-corrected chi connectivity index (χ4v) is 12.1. The number of rotatable bonds is 25. The molecular weight excluding hydrogens is 1300 g/mol. The molecule has 95 heavy (non-hydrogen) atoms. The maximum Gasteiger partial charge on any atom is 0.364 e. The molecule has 7 heterocycles. The molecule has 7 saturated heterocycles. The third-order valence-electron chi connectivity index (χ3n) is 17.1. The number of hydrogen-bond acceptors (Lipinski definition) is 37. The highest BCUT2D eigenvalue weighted by Gasteiger charge is 2.62. The van der Waals surface area contributed by atoms with Gasteiger partial charge in [0.15, 0.2) is 37.7 Å². The van der Waals surface area contributed by atoms with Gasteiger partial charge in [0.25, 0.3) is 5.79 Å². The van der Waals surface area contributed by atoms with Crippen molar-refractivity contribution in [1.29, 1.82) is 0 Å². The predicted octanol–water partition coefficient (Wildman–Crippen LogP) is -15.5. The van der Waals surface area contributed by atoms with Gasteiger partial charge < -0.3 is 185 Å². The number of nitrogens with one attached hydrogen (secondary N) is 4. The zero-order valence-corrected chi connectivity index (χ0v) is 51.4. The lowest BCUT2D eigenvalue weighted by Crippen LogP contribution is -2.71. The Labute approximate surface area is 538 Å². The van der Waals surface area contributed by atoms with Crippen LogP contribution in [0.4, 0.5) is 0 Å². The quantitative estimate of drug-likeness (QED) is 0.0404. The first-order valence-electron chi connectivity index (χ1n) is 30.1. The zero-order valence-electron chi connectivity index (χ0n) is 51.4. The van der Waals surface area contributed by atoms with E-state index in [2.05, 4.69) is 21.3 Å². The Hall–Kier alpha value is -3.93. The van der Waals surface area contributed by atoms with E-state index >= 15 is 0 Å². The van der Waals surface area contributed by atoms with Crippen LogP contribution in [0.25, 0.3) is 0 Å². The molecule has 0 aromatic carbocycles. The van der Waals surface area contributed by atoms with Gasteiger partial charge in [-0.1, -0.05) is 0 Å². The van der Waals surface area contributed by atoms with Crippen LogP contribution in [0.2, 0.25) is 0 Å². The van der Waals surface area contributed by atoms with Crippen LogP contribution in [0.5, 0.6) is 0 Å². The van der Waals surface area contributed by atoms with E-state index in [1.165, 1.54) is 6.92 Å². The van der Waals surface area contributed by atoms with Crippen molar-refractivity contribution in [1.82, 2.24) is 21.3 Å². The fraction of sp³-hybridized carbons (Fsp3) is 0.906. The monoisotopic (exact) mass is 1390 g/mol. The van der Waals surface area contributed by atoms with E-state index < -0.39 is 296 Å². The molecule has 4 amide bonds. The van der Waals surface area contributed by atoms with Gasteiger partial charge >= 0.3 is 5.97 Å². The average molecular weight is 1390 g/mol. The van der Waals surface area contributed by atoms with Crippen molar-refractivity contribution in [2.45, 2.75) is 261 Å². The number of ether oxygens (including phenoxy) is 13. The van der Waals surface area contributed by atoms with Crippen molar-refractivity contribution >= 4 is 29.6 Å². The van der Waals surface area contributed by atoms with Crippen molar-refractivity contribution in [2.75, 3.05) is 39.6 Å². The van der Waals surface area contributed by atoms with Gasteiger partial charge in [-0.15, -0.1) is 0 Å². The molecule has 42 heteroatoms. The van der Waals surface area contributed by atoms with E-state index in [-0.39, 0.29) is 0 Å². The number of carbonyl (C=O) groups is 5. The lowest BCUT2D eigenvalue weighted by molar-refractivity contribution is -0.386. The Bertz CT molecular complexity index is 2520. The van der Waals surface area contributed by atoms with Crippen molar-refractivity contribution in [3.63, 3.8) is 0 Å². The average Bonchev–Trinajstić information content (AvgIpc) is 0.763. The highest BCUT2D eigenvalue weighted by atomic mass is 16.8. The third-order valence-corrected chi connectivity index (χ3v) is 17.1. The van der Waals surface area contributed by atoms with E-state index in [0.717, 1.165) is 27.7 Å². The summed E-state index contributed by atoms with van der Waals surface area (Å²) in [6.45, 7) is -1.19. The van der Waals surface area contributed by atoms with E-state index in [1.54, 1.807) is 0 Å². The van der Waals surface area contributed by atoms with Gasteiger partial charge in [-0.3, -0.25) is 19.2 Å². The van der Waals surface area contributed by atoms with Crippen LogP contribution in [0.3, 0.4) is 0 Å². The second kappa shape index (κ2) is 33.5. The Kier molecular flexibility index (Phi) is 27.6. The minimum atomic E-state index is -3.21. The van der Waals surface area contributed by atoms with Gasteiger partial charge in [0, 0.05) is 34.1 Å². The van der Waals surface area contributed by atoms with Crippen LogP contribution in [0.15, 0.2) is 0 Å². The van der Waals surface area contributed by atoms with Gasteiger partial charge in [0.05, 0.1) is 57.9 Å². The summed E-state index contributed by atoms with van der Waals surface area (Å²) >= 11 is 0. The van der Waals surface area contributed by atoms with Gasteiger partial charge in [-0.05, 0) is 6.92 Å². The van der Waals surface area contributed by atoms with Crippen molar-refractivity contribution < 1.29 is 188 Å². The molecule has 7 rings (SSSR count). The molecule has 0 unspecified atom stereocenters. The number of aliphatic carboxylic acids is 1. The van der Waals surface area contributed by atoms with Gasteiger partial charge in [-0.25, -0.2) is 4.79 Å². The Morgan fingerprint density at radius 2 is 0.905 bits per heavy atom. The molecule has 42 nitrogen and oxygen atoms in total. The van der Waals surface area contributed by atoms with Crippen molar-refractivity contribution in [3.8, 4) is 0 Å². The summed E-state index contributed by atoms with van der Waals surface area (Å²) in [5.74, 6) is -8.79. The van der Waals surface area contributed by atoms with E-state index in [1.807, 2.05) is 0 Å². The summed E-state index contributed by atoms with van der Waals surface area (Å²) in [4.78, 5) is 63.4. The molecule has 0 aromatic heterocycles. The smallest absolute Gasteiger partial charge is 0.364 e. The standard InChI is InChI=1S/C53H88N4O38/c1-13-29(69)36(76)38(78)49(84-13)93-45-37(77)31(71)20(8-59)87-51(45)91-41-23(11-62)89-48(27(35(41)75)56-16(4)65)92-42-28(57-17(5)66)46(80)85-24(33(42)73)12-83-47-26(55-15(3)64)34(74)40(22(10-61)88-47)90-50-39(79)44(32(72)21(9-60)86-50)95-53(52(81)82)6-18(67)25(54-14(2)63)43(94-53)30(70)19(68)7-58/h13,18-51,58-62,67-80H,6-12H2,1-5H3,(H,54,63)(H,55,64)(H,56,65)(H,57,66)(H,81,82)/t13-,18-,19+,20+,21+,22+,23+,24+,25+,26+,27+,28+,29+,30+,31-,32-,33-,34+,35+,36+,37-,38-,39+,40+,41+,42+,43+,44-,45+,46+,47+,48-,49-,50-,51-,53-/m0/s1. The van der Waals surface area contributed by atoms with Crippen LogP contribution < -0.4 is 21.3 Å². The molecule has 36 atom stereocenters. The maximum absolute atomic E-state index is 13.1. The largest absolute Gasteiger partial charge is 0.477 e. The fourth-order valence-electron chi connectivity index (χ4n) is 12.1.